The molecule has 0 spiro atoms. The van der Waals surface area contributed by atoms with E-state index in [-0.39, 0.29) is 11.5 Å². The average Bonchev–Trinajstić information content (AvgIpc) is 3.04. The molecule has 0 saturated heterocycles. The van der Waals surface area contributed by atoms with E-state index in [0.717, 1.165) is 10.9 Å². The number of methoxy groups -OCH3 is 1. The van der Waals surface area contributed by atoms with Gasteiger partial charge in [-0.1, -0.05) is 11.6 Å². The Morgan fingerprint density at radius 3 is 2.62 bits per heavy atom. The second-order valence-corrected chi connectivity index (χ2v) is 6.44. The van der Waals surface area contributed by atoms with Crippen LogP contribution in [0.5, 0.6) is 0 Å². The van der Waals surface area contributed by atoms with Crippen molar-refractivity contribution in [2.75, 3.05) is 12.4 Å². The minimum absolute atomic E-state index is 0.153. The Kier molecular flexibility index (Phi) is 4.50. The molecule has 8 heteroatoms. The van der Waals surface area contributed by atoms with Crippen LogP contribution in [0.2, 0.25) is 5.02 Å². The van der Waals surface area contributed by atoms with Crippen LogP contribution in [0.25, 0.3) is 11.0 Å². The van der Waals surface area contributed by atoms with E-state index < -0.39 is 11.9 Å². The minimum Gasteiger partial charge on any atom is -0.464 e. The van der Waals surface area contributed by atoms with Crippen molar-refractivity contribution >= 4 is 40.1 Å². The molecule has 1 amide bonds. The molecular weight excluding hydrogens is 358 g/mol. The monoisotopic (exact) mass is 375 g/mol. The van der Waals surface area contributed by atoms with Crippen LogP contribution in [0.1, 0.15) is 37.9 Å². The largest absolute Gasteiger partial charge is 0.464 e. The van der Waals surface area contributed by atoms with E-state index in [0.29, 0.717) is 27.6 Å². The standard InChI is InChI=1S/C18H18ClN3O4/c1-8-6-13-11(7-12(8)19)9(2)16(26-13)17(23)20-14-10(3)21-22(4)15(14)18(24)25-5/h6-7H,1-5H3,(H,20,23). The molecule has 0 unspecified atom stereocenters. The number of ether oxygens (including phenoxy) is 1. The molecule has 0 fully saturated rings. The van der Waals surface area contributed by atoms with E-state index in [4.69, 9.17) is 20.8 Å². The maximum atomic E-state index is 12.8. The lowest BCUT2D eigenvalue weighted by Crippen LogP contribution is -2.17. The van der Waals surface area contributed by atoms with Crippen LogP contribution in [-0.2, 0) is 11.8 Å². The van der Waals surface area contributed by atoms with Crippen molar-refractivity contribution in [2.24, 2.45) is 7.05 Å². The van der Waals surface area contributed by atoms with Crippen molar-refractivity contribution in [1.29, 1.82) is 0 Å². The Morgan fingerprint density at radius 1 is 1.27 bits per heavy atom. The summed E-state index contributed by atoms with van der Waals surface area (Å²) in [6.45, 7) is 5.33. The molecule has 1 N–H and O–H groups in total. The lowest BCUT2D eigenvalue weighted by atomic mass is 10.1. The number of hydrogen-bond acceptors (Lipinski definition) is 5. The first-order chi connectivity index (χ1) is 12.2. The van der Waals surface area contributed by atoms with Crippen molar-refractivity contribution in [3.05, 3.63) is 45.4 Å². The van der Waals surface area contributed by atoms with E-state index in [9.17, 15) is 9.59 Å². The number of furan rings is 1. The SMILES string of the molecule is COC(=O)c1c(NC(=O)c2oc3cc(C)c(Cl)cc3c2C)c(C)nn1C. The van der Waals surface area contributed by atoms with Crippen LogP contribution in [0.15, 0.2) is 16.5 Å². The van der Waals surface area contributed by atoms with Gasteiger partial charge in [0.2, 0.25) is 0 Å². The molecule has 0 aliphatic heterocycles. The Bertz CT molecular complexity index is 1050. The molecule has 0 saturated carbocycles. The number of carbonyl (C=O) groups is 2. The van der Waals surface area contributed by atoms with E-state index in [1.807, 2.05) is 6.92 Å². The number of hydrogen-bond donors (Lipinski definition) is 1. The number of esters is 1. The number of aromatic nitrogens is 2. The molecule has 0 aliphatic rings. The highest BCUT2D eigenvalue weighted by molar-refractivity contribution is 6.32. The zero-order chi connectivity index (χ0) is 19.2. The van der Waals surface area contributed by atoms with Gasteiger partial charge >= 0.3 is 5.97 Å². The van der Waals surface area contributed by atoms with E-state index in [1.165, 1.54) is 11.8 Å². The predicted octanol–water partition coefficient (Wildman–Crippen LogP) is 3.78. The minimum atomic E-state index is -0.591. The maximum absolute atomic E-state index is 12.8. The predicted molar refractivity (Wildman–Crippen MR) is 97.9 cm³/mol. The van der Waals surface area contributed by atoms with E-state index in [1.54, 1.807) is 33.0 Å². The zero-order valence-electron chi connectivity index (χ0n) is 15.1. The van der Waals surface area contributed by atoms with Crippen molar-refractivity contribution < 1.29 is 18.7 Å². The second kappa shape index (κ2) is 6.49. The van der Waals surface area contributed by atoms with E-state index in [2.05, 4.69) is 10.4 Å². The first-order valence-corrected chi connectivity index (χ1v) is 8.24. The summed E-state index contributed by atoms with van der Waals surface area (Å²) in [5.74, 6) is -0.915. The van der Waals surface area contributed by atoms with Crippen LogP contribution in [0.4, 0.5) is 5.69 Å². The first kappa shape index (κ1) is 18.0. The van der Waals surface area contributed by atoms with Gasteiger partial charge in [-0.15, -0.1) is 0 Å². The van der Waals surface area contributed by atoms with Gasteiger partial charge in [0.15, 0.2) is 11.5 Å². The highest BCUT2D eigenvalue weighted by atomic mass is 35.5. The molecule has 0 atom stereocenters. The summed E-state index contributed by atoms with van der Waals surface area (Å²) < 4.78 is 11.9. The summed E-state index contributed by atoms with van der Waals surface area (Å²) in [5.41, 5.74) is 3.04. The van der Waals surface area contributed by atoms with Gasteiger partial charge in [-0.2, -0.15) is 5.10 Å². The Balaban J connectivity index is 2.03. The maximum Gasteiger partial charge on any atom is 0.358 e. The highest BCUT2D eigenvalue weighted by Gasteiger charge is 2.25. The number of nitrogens with zero attached hydrogens (tertiary/aromatic N) is 2. The summed E-state index contributed by atoms with van der Waals surface area (Å²) in [4.78, 5) is 24.8. The first-order valence-electron chi connectivity index (χ1n) is 7.87. The molecule has 136 valence electrons. The normalized spacial score (nSPS) is 11.0. The molecule has 26 heavy (non-hydrogen) atoms. The van der Waals surface area contributed by atoms with Crippen LogP contribution < -0.4 is 5.32 Å². The average molecular weight is 376 g/mol. The third-order valence-electron chi connectivity index (χ3n) is 4.26. The fourth-order valence-corrected chi connectivity index (χ4v) is 3.03. The molecular formula is C18H18ClN3O4. The van der Waals surface area contributed by atoms with Crippen LogP contribution >= 0.6 is 11.6 Å². The molecule has 3 rings (SSSR count). The molecule has 0 radical (unpaired) electrons. The zero-order valence-corrected chi connectivity index (χ0v) is 15.8. The van der Waals surface area contributed by atoms with Gasteiger partial charge < -0.3 is 14.5 Å². The number of amides is 1. The number of benzene rings is 1. The van der Waals surface area contributed by atoms with E-state index >= 15 is 0 Å². The van der Waals surface area contributed by atoms with Crippen molar-refractivity contribution in [1.82, 2.24) is 9.78 Å². The number of aryl methyl sites for hydroxylation is 4. The van der Waals surface area contributed by atoms with Crippen molar-refractivity contribution in [2.45, 2.75) is 20.8 Å². The topological polar surface area (TPSA) is 86.4 Å². The Hall–Kier alpha value is -2.80. The molecule has 1 aromatic carbocycles. The number of anilines is 1. The highest BCUT2D eigenvalue weighted by Crippen LogP contribution is 2.31. The lowest BCUT2D eigenvalue weighted by Gasteiger charge is -2.06. The third-order valence-corrected chi connectivity index (χ3v) is 4.67. The molecule has 0 aliphatic carbocycles. The van der Waals surface area contributed by atoms with Crippen molar-refractivity contribution in [3.8, 4) is 0 Å². The fourth-order valence-electron chi connectivity index (χ4n) is 2.87. The molecule has 3 aromatic rings. The third kappa shape index (κ3) is 2.84. The molecule has 2 aromatic heterocycles. The lowest BCUT2D eigenvalue weighted by molar-refractivity contribution is 0.0589. The van der Waals surface area contributed by atoms with Gasteiger partial charge in [-0.3, -0.25) is 9.48 Å². The van der Waals surface area contributed by atoms with Gasteiger partial charge in [-0.05, 0) is 38.5 Å². The Labute approximate surface area is 154 Å². The number of rotatable bonds is 3. The van der Waals surface area contributed by atoms with Crippen LogP contribution in [0, 0.1) is 20.8 Å². The Morgan fingerprint density at radius 2 is 1.96 bits per heavy atom. The van der Waals surface area contributed by atoms with Gasteiger partial charge in [0.25, 0.3) is 5.91 Å². The molecule has 7 nitrogen and oxygen atoms in total. The fraction of sp³-hybridized carbons (Fsp3) is 0.278. The van der Waals surface area contributed by atoms with Crippen molar-refractivity contribution in [3.63, 3.8) is 0 Å². The number of nitrogens with one attached hydrogen (secondary N) is 1. The summed E-state index contributed by atoms with van der Waals surface area (Å²) in [7, 11) is 2.87. The summed E-state index contributed by atoms with van der Waals surface area (Å²) in [6, 6.07) is 3.56. The number of carbonyl (C=O) groups excluding carboxylic acids is 2. The van der Waals surface area contributed by atoms with Gasteiger partial charge in [0.1, 0.15) is 5.58 Å². The smallest absolute Gasteiger partial charge is 0.358 e. The summed E-state index contributed by atoms with van der Waals surface area (Å²) in [5, 5.41) is 8.25. The molecule has 0 bridgehead atoms. The van der Waals surface area contributed by atoms with Gasteiger partial charge in [0.05, 0.1) is 18.5 Å². The second-order valence-electron chi connectivity index (χ2n) is 6.03. The quantitative estimate of drug-likeness (QED) is 0.704. The number of halogens is 1. The summed E-state index contributed by atoms with van der Waals surface area (Å²) in [6.07, 6.45) is 0. The van der Waals surface area contributed by atoms with Gasteiger partial charge in [0, 0.05) is 23.0 Å². The number of fused-ring (bicyclic) bond motifs is 1. The molecule has 2 heterocycles. The van der Waals surface area contributed by atoms with Crippen LogP contribution in [-0.4, -0.2) is 28.8 Å². The van der Waals surface area contributed by atoms with Crippen LogP contribution in [0.3, 0.4) is 0 Å². The van der Waals surface area contributed by atoms with Gasteiger partial charge in [-0.25, -0.2) is 4.79 Å². The summed E-state index contributed by atoms with van der Waals surface area (Å²) >= 11 is 6.17.